The molecular weight excluding hydrogens is 401 g/mol. The van der Waals surface area contributed by atoms with Crippen LogP contribution in [0.1, 0.15) is 50.8 Å². The summed E-state index contributed by atoms with van der Waals surface area (Å²) in [7, 11) is 0. The van der Waals surface area contributed by atoms with Crippen molar-refractivity contribution in [2.75, 3.05) is 13.1 Å². The van der Waals surface area contributed by atoms with E-state index in [0.29, 0.717) is 30.1 Å². The van der Waals surface area contributed by atoms with Gasteiger partial charge in [-0.15, -0.1) is 0 Å². The Kier molecular flexibility index (Phi) is 4.83. The minimum absolute atomic E-state index is 0.0891. The maximum Gasteiger partial charge on any atom is 0.432 e. The van der Waals surface area contributed by atoms with Crippen LogP contribution in [-0.2, 0) is 6.18 Å². The van der Waals surface area contributed by atoms with Gasteiger partial charge in [0.1, 0.15) is 5.69 Å². The molecule has 1 aliphatic rings. The summed E-state index contributed by atoms with van der Waals surface area (Å²) in [5.41, 5.74) is 1.24. The molecule has 11 heteroatoms. The van der Waals surface area contributed by atoms with Gasteiger partial charge in [0.2, 0.25) is 0 Å². The predicted octanol–water partition coefficient (Wildman–Crippen LogP) is 2.82. The van der Waals surface area contributed by atoms with Crippen molar-refractivity contribution in [2.24, 2.45) is 5.92 Å². The van der Waals surface area contributed by atoms with Crippen LogP contribution in [0.2, 0.25) is 0 Å². The van der Waals surface area contributed by atoms with Crippen LogP contribution >= 0.6 is 0 Å². The highest BCUT2D eigenvalue weighted by molar-refractivity contribution is 6.03. The van der Waals surface area contributed by atoms with Crippen LogP contribution < -0.4 is 0 Å². The summed E-state index contributed by atoms with van der Waals surface area (Å²) in [4.78, 5) is 31.3. The number of piperidine rings is 1. The first-order chi connectivity index (χ1) is 14.1. The number of ketones is 1. The number of H-pyrrole nitrogens is 1. The van der Waals surface area contributed by atoms with Gasteiger partial charge < -0.3 is 4.90 Å². The number of fused-ring (bicyclic) bond motifs is 1. The van der Waals surface area contributed by atoms with E-state index in [-0.39, 0.29) is 30.5 Å². The Morgan fingerprint density at radius 2 is 1.87 bits per heavy atom. The fraction of sp³-hybridized carbons (Fsp3) is 0.421. The molecule has 3 aromatic heterocycles. The second-order valence-corrected chi connectivity index (χ2v) is 7.43. The first-order valence-electron chi connectivity index (χ1n) is 9.43. The molecular formula is C19H19F3N6O2. The molecule has 0 spiro atoms. The third kappa shape index (κ3) is 3.55. The molecule has 158 valence electrons. The van der Waals surface area contributed by atoms with Crippen LogP contribution in [0.15, 0.2) is 18.3 Å². The van der Waals surface area contributed by atoms with Crippen molar-refractivity contribution >= 4 is 17.3 Å². The lowest BCUT2D eigenvalue weighted by Crippen LogP contribution is -2.40. The topological polar surface area (TPSA) is 96.2 Å². The molecule has 0 unspecified atom stereocenters. The average Bonchev–Trinajstić information content (AvgIpc) is 3.34. The van der Waals surface area contributed by atoms with E-state index < -0.39 is 17.8 Å². The largest absolute Gasteiger partial charge is 0.432 e. The maximum atomic E-state index is 13.0. The van der Waals surface area contributed by atoms with Crippen molar-refractivity contribution in [1.82, 2.24) is 29.7 Å². The zero-order valence-electron chi connectivity index (χ0n) is 16.3. The van der Waals surface area contributed by atoms with Crippen molar-refractivity contribution in [3.63, 3.8) is 0 Å². The normalized spacial score (nSPS) is 15.7. The minimum Gasteiger partial charge on any atom is -0.337 e. The molecule has 0 aliphatic carbocycles. The molecule has 1 N–H and O–H groups in total. The van der Waals surface area contributed by atoms with Gasteiger partial charge in [0.05, 0.1) is 11.8 Å². The molecule has 1 aliphatic heterocycles. The van der Waals surface area contributed by atoms with Gasteiger partial charge in [0, 0.05) is 36.5 Å². The zero-order chi connectivity index (χ0) is 21.6. The van der Waals surface area contributed by atoms with Crippen LogP contribution in [0, 0.1) is 19.8 Å². The Labute approximate surface area is 169 Å². The van der Waals surface area contributed by atoms with Gasteiger partial charge in [0.15, 0.2) is 17.1 Å². The van der Waals surface area contributed by atoms with E-state index in [1.165, 1.54) is 11.1 Å². The van der Waals surface area contributed by atoms with Gasteiger partial charge in [-0.1, -0.05) is 0 Å². The van der Waals surface area contributed by atoms with E-state index in [1.807, 2.05) is 25.0 Å². The molecule has 4 heterocycles. The number of halogens is 3. The molecule has 0 radical (unpaired) electrons. The lowest BCUT2D eigenvalue weighted by atomic mass is 9.89. The summed E-state index contributed by atoms with van der Waals surface area (Å²) in [6, 6.07) is 2.58. The molecule has 1 fully saturated rings. The standard InChI is InChI=1S/C19H19F3N6O2/c1-10-7-11(2)28-17(24-10)13(9-23-28)16(29)12-3-5-27(6-4-12)18(30)14-8-15(26-25-14)19(20,21)22/h7-9,12H,3-6H2,1-2H3,(H,25,26). The maximum absolute atomic E-state index is 13.0. The van der Waals surface area contributed by atoms with Gasteiger partial charge in [-0.05, 0) is 32.8 Å². The number of aromatic nitrogens is 5. The Hall–Kier alpha value is -3.24. The third-order valence-corrected chi connectivity index (χ3v) is 5.30. The molecule has 30 heavy (non-hydrogen) atoms. The molecule has 1 amide bonds. The number of aryl methyl sites for hydroxylation is 2. The van der Waals surface area contributed by atoms with Gasteiger partial charge in [-0.3, -0.25) is 14.7 Å². The van der Waals surface area contributed by atoms with Crippen LogP contribution in [0.5, 0.6) is 0 Å². The van der Waals surface area contributed by atoms with Crippen LogP contribution in [0.4, 0.5) is 13.2 Å². The SMILES string of the molecule is Cc1cc(C)n2ncc(C(=O)C3CCN(C(=O)c4cc(C(F)(F)F)[nH]n4)CC3)c2n1. The van der Waals surface area contributed by atoms with Gasteiger partial charge in [-0.2, -0.15) is 23.4 Å². The van der Waals surface area contributed by atoms with Gasteiger partial charge in [-0.25, -0.2) is 9.50 Å². The summed E-state index contributed by atoms with van der Waals surface area (Å²) < 4.78 is 39.7. The number of rotatable bonds is 3. The fourth-order valence-electron chi connectivity index (χ4n) is 3.75. The summed E-state index contributed by atoms with van der Waals surface area (Å²) in [6.45, 7) is 4.24. The molecule has 4 rings (SSSR count). The second-order valence-electron chi connectivity index (χ2n) is 7.43. The van der Waals surface area contributed by atoms with Crippen molar-refractivity contribution < 1.29 is 22.8 Å². The van der Waals surface area contributed by atoms with Crippen LogP contribution in [-0.4, -0.2) is 54.5 Å². The first-order valence-corrected chi connectivity index (χ1v) is 9.43. The molecule has 1 saturated heterocycles. The van der Waals surface area contributed by atoms with Crippen LogP contribution in [0.3, 0.4) is 0 Å². The van der Waals surface area contributed by atoms with E-state index in [0.717, 1.165) is 11.4 Å². The average molecular weight is 420 g/mol. The molecule has 0 bridgehead atoms. The summed E-state index contributed by atoms with van der Waals surface area (Å²) >= 11 is 0. The van der Waals surface area contributed by atoms with E-state index in [9.17, 15) is 22.8 Å². The van der Waals surface area contributed by atoms with Gasteiger partial charge >= 0.3 is 6.18 Å². The van der Waals surface area contributed by atoms with Crippen LogP contribution in [0.25, 0.3) is 5.65 Å². The number of hydrogen-bond donors (Lipinski definition) is 1. The molecule has 0 aromatic carbocycles. The molecule has 0 atom stereocenters. The second kappa shape index (κ2) is 7.22. The third-order valence-electron chi connectivity index (χ3n) is 5.30. The molecule has 3 aromatic rings. The van der Waals surface area contributed by atoms with Crippen molar-refractivity contribution in [3.8, 4) is 0 Å². The van der Waals surface area contributed by atoms with Crippen molar-refractivity contribution in [2.45, 2.75) is 32.9 Å². The lowest BCUT2D eigenvalue weighted by molar-refractivity contribution is -0.141. The fourth-order valence-corrected chi connectivity index (χ4v) is 3.75. The lowest BCUT2D eigenvalue weighted by Gasteiger charge is -2.30. The quantitative estimate of drug-likeness (QED) is 0.658. The van der Waals surface area contributed by atoms with E-state index in [4.69, 9.17) is 0 Å². The molecule has 0 saturated carbocycles. The van der Waals surface area contributed by atoms with Crippen molar-refractivity contribution in [1.29, 1.82) is 0 Å². The summed E-state index contributed by atoms with van der Waals surface area (Å²) in [6.07, 6.45) is -2.27. The summed E-state index contributed by atoms with van der Waals surface area (Å²) in [5.74, 6) is -0.986. The predicted molar refractivity (Wildman–Crippen MR) is 99.0 cm³/mol. The highest BCUT2D eigenvalue weighted by Crippen LogP contribution is 2.29. The number of carbonyl (C=O) groups is 2. The number of Topliss-reactive ketones (excluding diaryl/α,β-unsaturated/α-hetero) is 1. The van der Waals surface area contributed by atoms with Crippen molar-refractivity contribution in [3.05, 3.63) is 46.7 Å². The first kappa shape index (κ1) is 20.0. The number of nitrogens with one attached hydrogen (secondary N) is 1. The number of likely N-dealkylation sites (tertiary alicyclic amines) is 1. The van der Waals surface area contributed by atoms with E-state index >= 15 is 0 Å². The number of amides is 1. The van der Waals surface area contributed by atoms with Gasteiger partial charge in [0.25, 0.3) is 5.91 Å². The Morgan fingerprint density at radius 1 is 1.17 bits per heavy atom. The number of hydrogen-bond acceptors (Lipinski definition) is 5. The smallest absolute Gasteiger partial charge is 0.337 e. The minimum atomic E-state index is -4.59. The van der Waals surface area contributed by atoms with E-state index in [2.05, 4.69) is 15.2 Å². The monoisotopic (exact) mass is 420 g/mol. The Balaban J connectivity index is 1.45. The number of carbonyl (C=O) groups excluding carboxylic acids is 2. The summed E-state index contributed by atoms with van der Waals surface area (Å²) in [5, 5.41) is 9.57. The highest BCUT2D eigenvalue weighted by Gasteiger charge is 2.35. The Bertz CT molecular complexity index is 1130. The Morgan fingerprint density at radius 3 is 2.50 bits per heavy atom. The zero-order valence-corrected chi connectivity index (χ0v) is 16.3. The highest BCUT2D eigenvalue weighted by atomic mass is 19.4. The number of aromatic amines is 1. The number of alkyl halides is 3. The molecule has 8 nitrogen and oxygen atoms in total. The number of nitrogens with zero attached hydrogens (tertiary/aromatic N) is 5. The van der Waals surface area contributed by atoms with E-state index in [1.54, 1.807) is 4.52 Å².